The van der Waals surface area contributed by atoms with Gasteiger partial charge in [0.2, 0.25) is 11.8 Å². The highest BCUT2D eigenvalue weighted by molar-refractivity contribution is 8.14. The maximum atomic E-state index is 11.9. The van der Waals surface area contributed by atoms with Crippen molar-refractivity contribution in [1.29, 1.82) is 0 Å². The first kappa shape index (κ1) is 21.0. The number of aromatic nitrogens is 1. The minimum absolute atomic E-state index is 0.0548. The van der Waals surface area contributed by atoms with E-state index in [1.165, 1.54) is 17.9 Å². The lowest BCUT2D eigenvalue weighted by molar-refractivity contribution is -0.121. The fraction of sp³-hybridized carbons (Fsp3) is 0.450. The van der Waals surface area contributed by atoms with Gasteiger partial charge in [-0.05, 0) is 30.9 Å². The van der Waals surface area contributed by atoms with Crippen LogP contribution in [-0.2, 0) is 20.8 Å². The van der Waals surface area contributed by atoms with Crippen molar-refractivity contribution in [2.24, 2.45) is 0 Å². The molecule has 1 aromatic carbocycles. The summed E-state index contributed by atoms with van der Waals surface area (Å²) in [6.45, 7) is 2.66. The van der Waals surface area contributed by atoms with Crippen molar-refractivity contribution in [3.8, 4) is 0 Å². The molecule has 2 aromatic rings. The van der Waals surface area contributed by atoms with Crippen LogP contribution in [0.3, 0.4) is 0 Å². The Morgan fingerprint density at radius 2 is 1.78 bits per heavy atom. The van der Waals surface area contributed by atoms with Gasteiger partial charge in [0.15, 0.2) is 5.12 Å². The van der Waals surface area contributed by atoms with Crippen LogP contribution in [0, 0.1) is 0 Å². The van der Waals surface area contributed by atoms with Crippen LogP contribution in [0.25, 0.3) is 10.9 Å². The van der Waals surface area contributed by atoms with E-state index in [9.17, 15) is 14.4 Å². The topological polar surface area (TPSA) is 91.1 Å². The van der Waals surface area contributed by atoms with Crippen LogP contribution in [-0.4, -0.2) is 40.8 Å². The van der Waals surface area contributed by atoms with Crippen molar-refractivity contribution in [2.75, 3.05) is 18.8 Å². The Balaban J connectivity index is 1.50. The summed E-state index contributed by atoms with van der Waals surface area (Å²) < 4.78 is 0. The average Bonchev–Trinajstić information content (AvgIpc) is 3.06. The average molecular weight is 390 g/mol. The molecule has 0 unspecified atom stereocenters. The second-order valence-corrected chi connectivity index (χ2v) is 7.55. The van der Waals surface area contributed by atoms with Crippen LogP contribution >= 0.6 is 11.8 Å². The van der Waals surface area contributed by atoms with Gasteiger partial charge in [0.25, 0.3) is 0 Å². The van der Waals surface area contributed by atoms with Crippen LogP contribution in [0.4, 0.5) is 0 Å². The first-order valence-electron chi connectivity index (χ1n) is 9.28. The van der Waals surface area contributed by atoms with E-state index in [1.807, 2.05) is 24.4 Å². The minimum atomic E-state index is -0.120. The number of nitrogens with one attached hydrogen (secondary N) is 3. The molecule has 0 radical (unpaired) electrons. The molecular formula is C20H27N3O3S. The number of fused-ring (bicyclic) bond motifs is 1. The molecule has 146 valence electrons. The second-order valence-electron chi connectivity index (χ2n) is 6.40. The summed E-state index contributed by atoms with van der Waals surface area (Å²) in [6.07, 6.45) is 5.83. The largest absolute Gasteiger partial charge is 0.361 e. The number of unbranched alkanes of at least 4 members (excludes halogenated alkanes) is 2. The van der Waals surface area contributed by atoms with Crippen molar-refractivity contribution in [3.05, 3.63) is 36.0 Å². The first-order valence-corrected chi connectivity index (χ1v) is 10.3. The molecule has 27 heavy (non-hydrogen) atoms. The fourth-order valence-corrected chi connectivity index (χ4v) is 3.23. The molecule has 0 aliphatic heterocycles. The van der Waals surface area contributed by atoms with Crippen molar-refractivity contribution in [2.45, 2.75) is 39.0 Å². The number of H-pyrrole nitrogens is 1. The van der Waals surface area contributed by atoms with Gasteiger partial charge in [-0.2, -0.15) is 0 Å². The zero-order chi connectivity index (χ0) is 19.5. The molecule has 0 aliphatic carbocycles. The monoisotopic (exact) mass is 389 g/mol. The summed E-state index contributed by atoms with van der Waals surface area (Å²) in [6, 6.07) is 8.15. The van der Waals surface area contributed by atoms with Gasteiger partial charge in [0.1, 0.15) is 0 Å². The van der Waals surface area contributed by atoms with E-state index >= 15 is 0 Å². The third kappa shape index (κ3) is 7.86. The third-order valence-electron chi connectivity index (χ3n) is 4.20. The minimum Gasteiger partial charge on any atom is -0.361 e. The predicted molar refractivity (Wildman–Crippen MR) is 110 cm³/mol. The molecule has 1 aromatic heterocycles. The molecule has 0 bridgehead atoms. The molecule has 0 fully saturated rings. The number of hydrogen-bond donors (Lipinski definition) is 3. The van der Waals surface area contributed by atoms with Gasteiger partial charge in [-0.15, -0.1) is 0 Å². The Hall–Kier alpha value is -2.28. The van der Waals surface area contributed by atoms with E-state index < -0.39 is 0 Å². The molecule has 3 N–H and O–H groups in total. The molecule has 0 aliphatic rings. The first-order chi connectivity index (χ1) is 13.1. The predicted octanol–water partition coefficient (Wildman–Crippen LogP) is 2.78. The second kappa shape index (κ2) is 11.4. The zero-order valence-electron chi connectivity index (χ0n) is 15.7. The van der Waals surface area contributed by atoms with E-state index in [4.69, 9.17) is 0 Å². The maximum Gasteiger partial charge on any atom is 0.230 e. The highest BCUT2D eigenvalue weighted by Crippen LogP contribution is 2.17. The summed E-state index contributed by atoms with van der Waals surface area (Å²) >= 11 is 1.01. The third-order valence-corrected chi connectivity index (χ3v) is 5.01. The maximum absolute atomic E-state index is 11.9. The van der Waals surface area contributed by atoms with Crippen LogP contribution in [0.1, 0.15) is 38.2 Å². The summed E-state index contributed by atoms with van der Waals surface area (Å²) in [5.74, 6) is 0.121. The molecule has 0 saturated carbocycles. The molecule has 7 heteroatoms. The normalized spacial score (nSPS) is 10.7. The summed E-state index contributed by atoms with van der Waals surface area (Å²) in [4.78, 5) is 37.3. The summed E-state index contributed by atoms with van der Waals surface area (Å²) in [7, 11) is 0. The molecule has 2 amide bonds. The number of benzene rings is 1. The van der Waals surface area contributed by atoms with Gasteiger partial charge < -0.3 is 15.6 Å². The highest BCUT2D eigenvalue weighted by Gasteiger charge is 2.05. The smallest absolute Gasteiger partial charge is 0.230 e. The van der Waals surface area contributed by atoms with Gasteiger partial charge in [-0.25, -0.2) is 0 Å². The van der Waals surface area contributed by atoms with Gasteiger partial charge >= 0.3 is 0 Å². The SMILES string of the molecule is CC(=O)SCC(=O)NCCCCCC(=O)NCCc1c[nH]c2ccccc12. The lowest BCUT2D eigenvalue weighted by Gasteiger charge is -2.06. The van der Waals surface area contributed by atoms with Crippen molar-refractivity contribution >= 4 is 39.6 Å². The number of aromatic amines is 1. The van der Waals surface area contributed by atoms with Crippen LogP contribution in [0.15, 0.2) is 30.5 Å². The molecule has 6 nitrogen and oxygen atoms in total. The number of hydrogen-bond acceptors (Lipinski definition) is 4. The molecule has 2 rings (SSSR count). The molecule has 1 heterocycles. The summed E-state index contributed by atoms with van der Waals surface area (Å²) in [5, 5.41) is 6.89. The van der Waals surface area contributed by atoms with Gasteiger partial charge in [-0.1, -0.05) is 36.4 Å². The lowest BCUT2D eigenvalue weighted by atomic mass is 10.1. The van der Waals surface area contributed by atoms with Gasteiger partial charge in [0, 0.05) is 43.5 Å². The van der Waals surface area contributed by atoms with E-state index in [0.29, 0.717) is 19.5 Å². The van der Waals surface area contributed by atoms with Crippen molar-refractivity contribution in [1.82, 2.24) is 15.6 Å². The van der Waals surface area contributed by atoms with Crippen molar-refractivity contribution in [3.63, 3.8) is 0 Å². The highest BCUT2D eigenvalue weighted by atomic mass is 32.2. The Morgan fingerprint density at radius 1 is 1.00 bits per heavy atom. The molecular weight excluding hydrogens is 362 g/mol. The molecule has 0 atom stereocenters. The standard InChI is InChI=1S/C20H27N3O3S/c1-15(24)27-14-20(26)21-11-6-2-3-9-19(25)22-12-10-16-13-23-18-8-5-4-7-17(16)18/h4-5,7-8,13,23H,2-3,6,9-12,14H2,1H3,(H,21,26)(H,22,25). The van der Waals surface area contributed by atoms with Crippen LogP contribution in [0.5, 0.6) is 0 Å². The van der Waals surface area contributed by atoms with E-state index in [0.717, 1.165) is 43.0 Å². The Kier molecular flexibility index (Phi) is 8.91. The molecule has 0 saturated heterocycles. The van der Waals surface area contributed by atoms with Crippen LogP contribution in [0.2, 0.25) is 0 Å². The number of rotatable bonds is 11. The van der Waals surface area contributed by atoms with Gasteiger partial charge in [-0.3, -0.25) is 14.4 Å². The fourth-order valence-electron chi connectivity index (χ4n) is 2.80. The Bertz CT molecular complexity index is 773. The van der Waals surface area contributed by atoms with E-state index in [-0.39, 0.29) is 22.7 Å². The summed E-state index contributed by atoms with van der Waals surface area (Å²) in [5.41, 5.74) is 2.33. The number of amides is 2. The van der Waals surface area contributed by atoms with Crippen LogP contribution < -0.4 is 10.6 Å². The quantitative estimate of drug-likeness (QED) is 0.516. The van der Waals surface area contributed by atoms with Gasteiger partial charge in [0.05, 0.1) is 5.75 Å². The molecule has 0 spiro atoms. The van der Waals surface area contributed by atoms with E-state index in [1.54, 1.807) is 0 Å². The number of carbonyl (C=O) groups is 3. The zero-order valence-corrected chi connectivity index (χ0v) is 16.5. The Labute approximate surface area is 163 Å². The number of thioether (sulfide) groups is 1. The Morgan fingerprint density at radius 3 is 2.59 bits per heavy atom. The number of para-hydroxylation sites is 1. The van der Waals surface area contributed by atoms with Crippen molar-refractivity contribution < 1.29 is 14.4 Å². The van der Waals surface area contributed by atoms with E-state index in [2.05, 4.69) is 21.7 Å². The number of carbonyl (C=O) groups excluding carboxylic acids is 3. The lowest BCUT2D eigenvalue weighted by Crippen LogP contribution is -2.27.